The topological polar surface area (TPSA) is 42.0 Å². The number of hydrogen-bond acceptors (Lipinski definition) is 4. The van der Waals surface area contributed by atoms with E-state index in [2.05, 4.69) is 26.2 Å². The lowest BCUT2D eigenvalue weighted by Crippen LogP contribution is -2.22. The molecule has 1 N–H and O–H groups in total. The van der Waals surface area contributed by atoms with Crippen LogP contribution in [-0.4, -0.2) is 16.9 Å². The lowest BCUT2D eigenvalue weighted by Gasteiger charge is -2.03. The minimum absolute atomic E-state index is 0.390. The van der Waals surface area contributed by atoms with E-state index in [1.54, 1.807) is 5.38 Å². The molecule has 1 aromatic carbocycles. The summed E-state index contributed by atoms with van der Waals surface area (Å²) in [4.78, 5) is 15.1. The van der Waals surface area contributed by atoms with Crippen molar-refractivity contribution >= 4 is 38.2 Å². The van der Waals surface area contributed by atoms with Crippen molar-refractivity contribution in [2.24, 2.45) is 0 Å². The number of ketones is 1. The van der Waals surface area contributed by atoms with Gasteiger partial charge in [-0.25, -0.2) is 4.98 Å². The Balaban J connectivity index is 2.09. The standard InChI is InChI=1S/C13H8BrF3N2OS/c14-9(11(20)13(15,16)17)6-18-12-19-10(7-21-12)8-4-2-1-3-5-8/h1-7H,(H,18,19). The van der Waals surface area contributed by atoms with Gasteiger partial charge in [0.2, 0.25) is 0 Å². The molecular formula is C13H8BrF3N2OS. The molecule has 0 aliphatic rings. The van der Waals surface area contributed by atoms with Crippen LogP contribution in [-0.2, 0) is 4.79 Å². The minimum atomic E-state index is -4.91. The maximum atomic E-state index is 12.2. The largest absolute Gasteiger partial charge is 0.455 e. The second-order valence-electron chi connectivity index (χ2n) is 3.87. The normalized spacial score (nSPS) is 12.3. The van der Waals surface area contributed by atoms with Crippen LogP contribution in [0.4, 0.5) is 18.3 Å². The third-order valence-corrected chi connectivity index (χ3v) is 3.73. The van der Waals surface area contributed by atoms with Gasteiger partial charge in [0, 0.05) is 17.1 Å². The molecule has 1 aromatic heterocycles. The molecule has 0 radical (unpaired) electrons. The van der Waals surface area contributed by atoms with Crippen molar-refractivity contribution in [3.05, 3.63) is 46.4 Å². The quantitative estimate of drug-likeness (QED) is 0.793. The van der Waals surface area contributed by atoms with Gasteiger partial charge in [0.1, 0.15) is 0 Å². The van der Waals surface area contributed by atoms with E-state index in [9.17, 15) is 18.0 Å². The Hall–Kier alpha value is -1.67. The van der Waals surface area contributed by atoms with Crippen LogP contribution in [0, 0.1) is 0 Å². The highest BCUT2D eigenvalue weighted by Crippen LogP contribution is 2.26. The number of carbonyl (C=O) groups excluding carboxylic acids is 1. The molecule has 3 nitrogen and oxygen atoms in total. The van der Waals surface area contributed by atoms with Crippen molar-refractivity contribution in [1.29, 1.82) is 0 Å². The summed E-state index contributed by atoms with van der Waals surface area (Å²) in [6, 6.07) is 9.34. The van der Waals surface area contributed by atoms with Crippen LogP contribution in [0.1, 0.15) is 0 Å². The highest BCUT2D eigenvalue weighted by atomic mass is 79.9. The van der Waals surface area contributed by atoms with Gasteiger partial charge in [0.05, 0.1) is 10.2 Å². The maximum absolute atomic E-state index is 12.2. The van der Waals surface area contributed by atoms with Gasteiger partial charge in [-0.05, 0) is 15.9 Å². The first-order chi connectivity index (χ1) is 9.88. The molecule has 110 valence electrons. The summed E-state index contributed by atoms with van der Waals surface area (Å²) < 4.78 is 36.0. The van der Waals surface area contributed by atoms with Crippen molar-refractivity contribution in [2.75, 3.05) is 5.32 Å². The number of halogens is 4. The maximum Gasteiger partial charge on any atom is 0.455 e. The number of nitrogens with zero attached hydrogens (tertiary/aromatic N) is 1. The molecule has 8 heteroatoms. The van der Waals surface area contributed by atoms with Crippen molar-refractivity contribution in [3.63, 3.8) is 0 Å². The van der Waals surface area contributed by atoms with Gasteiger partial charge in [-0.15, -0.1) is 11.3 Å². The minimum Gasteiger partial charge on any atom is -0.337 e. The summed E-state index contributed by atoms with van der Waals surface area (Å²) in [5.74, 6) is -1.95. The summed E-state index contributed by atoms with van der Waals surface area (Å²) in [5.41, 5.74) is 1.60. The zero-order valence-electron chi connectivity index (χ0n) is 10.3. The molecule has 2 rings (SSSR count). The van der Waals surface area contributed by atoms with Gasteiger partial charge in [-0.3, -0.25) is 4.79 Å². The third kappa shape index (κ3) is 4.15. The average Bonchev–Trinajstić information content (AvgIpc) is 2.93. The molecule has 0 aliphatic heterocycles. The first-order valence-corrected chi connectivity index (χ1v) is 7.30. The number of aromatic nitrogens is 1. The highest BCUT2D eigenvalue weighted by molar-refractivity contribution is 9.12. The summed E-state index contributed by atoms with van der Waals surface area (Å²) >= 11 is 3.82. The predicted molar refractivity (Wildman–Crippen MR) is 79.2 cm³/mol. The third-order valence-electron chi connectivity index (χ3n) is 2.37. The lowest BCUT2D eigenvalue weighted by atomic mass is 10.2. The van der Waals surface area contributed by atoms with Crippen LogP contribution in [0.2, 0.25) is 0 Å². The van der Waals surface area contributed by atoms with E-state index in [0.29, 0.717) is 10.8 Å². The Bertz CT molecular complexity index is 668. The van der Waals surface area contributed by atoms with Crippen LogP contribution in [0.15, 0.2) is 46.4 Å². The number of rotatable bonds is 4. The van der Waals surface area contributed by atoms with Gasteiger partial charge in [0.15, 0.2) is 5.13 Å². The fourth-order valence-corrected chi connectivity index (χ4v) is 2.44. The molecule has 1 heterocycles. The molecule has 21 heavy (non-hydrogen) atoms. The van der Waals surface area contributed by atoms with E-state index in [0.717, 1.165) is 11.8 Å². The first-order valence-electron chi connectivity index (χ1n) is 5.62. The number of hydrogen-bond donors (Lipinski definition) is 1. The Morgan fingerprint density at radius 1 is 1.29 bits per heavy atom. The molecule has 0 aliphatic carbocycles. The zero-order chi connectivity index (χ0) is 15.5. The number of carbonyl (C=O) groups is 1. The fraction of sp³-hybridized carbons (Fsp3) is 0.0769. The van der Waals surface area contributed by atoms with Crippen molar-refractivity contribution < 1.29 is 18.0 Å². The monoisotopic (exact) mass is 376 g/mol. The molecular weight excluding hydrogens is 369 g/mol. The smallest absolute Gasteiger partial charge is 0.337 e. The van der Waals surface area contributed by atoms with E-state index < -0.39 is 16.4 Å². The second kappa shape index (κ2) is 6.40. The number of anilines is 1. The summed E-state index contributed by atoms with van der Waals surface area (Å²) in [7, 11) is 0. The van der Waals surface area contributed by atoms with E-state index in [1.165, 1.54) is 11.3 Å². The number of nitrogens with one attached hydrogen (secondary N) is 1. The molecule has 0 fully saturated rings. The van der Waals surface area contributed by atoms with E-state index >= 15 is 0 Å². The number of thiazole rings is 1. The van der Waals surface area contributed by atoms with E-state index in [-0.39, 0.29) is 0 Å². The Kier molecular flexibility index (Phi) is 4.79. The molecule has 0 atom stereocenters. The molecule has 0 saturated carbocycles. The summed E-state index contributed by atoms with van der Waals surface area (Å²) in [6.07, 6.45) is -3.97. The SMILES string of the molecule is O=C(C(Br)=CNc1nc(-c2ccccc2)cs1)C(F)(F)F. The molecule has 0 bridgehead atoms. The van der Waals surface area contributed by atoms with Crippen LogP contribution >= 0.6 is 27.3 Å². The first kappa shape index (κ1) is 15.7. The molecule has 2 aromatic rings. The average molecular weight is 377 g/mol. The number of Topliss-reactive ketones (excluding diaryl/α,β-unsaturated/α-hetero) is 1. The Morgan fingerprint density at radius 2 is 1.95 bits per heavy atom. The van der Waals surface area contributed by atoms with Gasteiger partial charge in [0.25, 0.3) is 5.78 Å². The Morgan fingerprint density at radius 3 is 2.57 bits per heavy atom. The van der Waals surface area contributed by atoms with Crippen LogP contribution in [0.3, 0.4) is 0 Å². The van der Waals surface area contributed by atoms with E-state index in [1.807, 2.05) is 30.3 Å². The number of benzene rings is 1. The van der Waals surface area contributed by atoms with Gasteiger partial charge < -0.3 is 5.32 Å². The van der Waals surface area contributed by atoms with E-state index in [4.69, 9.17) is 0 Å². The zero-order valence-corrected chi connectivity index (χ0v) is 12.7. The summed E-state index contributed by atoms with van der Waals surface area (Å²) in [6.45, 7) is 0. The Labute approximate surface area is 130 Å². The molecule has 0 saturated heterocycles. The second-order valence-corrected chi connectivity index (χ2v) is 5.58. The number of allylic oxidation sites excluding steroid dienone is 1. The van der Waals surface area contributed by atoms with Crippen LogP contribution in [0.25, 0.3) is 11.3 Å². The highest BCUT2D eigenvalue weighted by Gasteiger charge is 2.39. The van der Waals surface area contributed by atoms with Crippen LogP contribution < -0.4 is 5.32 Å². The van der Waals surface area contributed by atoms with Crippen molar-refractivity contribution in [2.45, 2.75) is 6.18 Å². The van der Waals surface area contributed by atoms with Crippen LogP contribution in [0.5, 0.6) is 0 Å². The predicted octanol–water partition coefficient (Wildman–Crippen LogP) is 4.59. The lowest BCUT2D eigenvalue weighted by molar-refractivity contribution is -0.165. The van der Waals surface area contributed by atoms with Gasteiger partial charge >= 0.3 is 6.18 Å². The fourth-order valence-electron chi connectivity index (χ4n) is 1.41. The molecule has 0 unspecified atom stereocenters. The number of alkyl halides is 3. The van der Waals surface area contributed by atoms with Gasteiger partial charge in [-0.2, -0.15) is 13.2 Å². The van der Waals surface area contributed by atoms with Gasteiger partial charge in [-0.1, -0.05) is 30.3 Å². The molecule has 0 spiro atoms. The molecule has 0 amide bonds. The van der Waals surface area contributed by atoms with Crippen molar-refractivity contribution in [3.8, 4) is 11.3 Å². The summed E-state index contributed by atoms with van der Waals surface area (Å²) in [5, 5.41) is 4.72. The van der Waals surface area contributed by atoms with Crippen molar-refractivity contribution in [1.82, 2.24) is 4.98 Å².